The van der Waals surface area contributed by atoms with E-state index in [4.69, 9.17) is 23.2 Å². The predicted molar refractivity (Wildman–Crippen MR) is 188 cm³/mol. The van der Waals surface area contributed by atoms with E-state index in [1.54, 1.807) is 54.6 Å². The quantitative estimate of drug-likeness (QED) is 0.166. The molecule has 4 aromatic carbocycles. The zero-order valence-electron chi connectivity index (χ0n) is 26.3. The molecule has 0 spiro atoms. The number of benzene rings is 4. The van der Waals surface area contributed by atoms with Gasteiger partial charge < -0.3 is 10.2 Å². The van der Waals surface area contributed by atoms with Crippen molar-refractivity contribution in [3.8, 4) is 0 Å². The van der Waals surface area contributed by atoms with Gasteiger partial charge >= 0.3 is 0 Å². The standard InChI is InChI=1S/C37H39Cl2N3O4S/c1-27-20-22-31(23-21-27)47(45,46)42(34-19-11-10-18-33(34)39)26-36(43)41(25-29-14-8-9-17-32(29)38)35(24-28-12-4-2-5-13-28)37(44)40-30-15-6-3-7-16-30/h2,4-5,8-14,17-23,30,35H,3,6-7,15-16,24-26H2,1H3,(H,40,44)/t35-/m0/s1. The summed E-state index contributed by atoms with van der Waals surface area (Å²) in [4.78, 5) is 30.4. The number of anilines is 1. The summed E-state index contributed by atoms with van der Waals surface area (Å²) in [6.45, 7) is 1.27. The number of nitrogens with zero attached hydrogens (tertiary/aromatic N) is 2. The summed E-state index contributed by atoms with van der Waals surface area (Å²) < 4.78 is 29.5. The number of amides is 2. The summed E-state index contributed by atoms with van der Waals surface area (Å²) in [6.07, 6.45) is 5.16. The van der Waals surface area contributed by atoms with E-state index in [0.717, 1.165) is 47.5 Å². The van der Waals surface area contributed by atoms with Crippen molar-refractivity contribution in [1.82, 2.24) is 10.2 Å². The second kappa shape index (κ2) is 15.8. The lowest BCUT2D eigenvalue weighted by molar-refractivity contribution is -0.140. The maximum Gasteiger partial charge on any atom is 0.264 e. The molecule has 5 rings (SSSR count). The Kier molecular flexibility index (Phi) is 11.6. The number of carbonyl (C=O) groups excluding carboxylic acids is 2. The second-order valence-electron chi connectivity index (χ2n) is 11.9. The van der Waals surface area contributed by atoms with Gasteiger partial charge in [0.1, 0.15) is 12.6 Å². The van der Waals surface area contributed by atoms with Gasteiger partial charge in [-0.05, 0) is 61.2 Å². The van der Waals surface area contributed by atoms with Crippen LogP contribution in [0.2, 0.25) is 10.0 Å². The Balaban J connectivity index is 1.58. The van der Waals surface area contributed by atoms with Gasteiger partial charge in [0, 0.05) is 24.0 Å². The molecule has 47 heavy (non-hydrogen) atoms. The van der Waals surface area contributed by atoms with Gasteiger partial charge in [-0.2, -0.15) is 0 Å². The lowest BCUT2D eigenvalue weighted by atomic mass is 9.94. The van der Waals surface area contributed by atoms with Gasteiger partial charge in [0.25, 0.3) is 10.0 Å². The fourth-order valence-corrected chi connectivity index (χ4v) is 7.83. The fraction of sp³-hybridized carbons (Fsp3) is 0.297. The molecule has 10 heteroatoms. The number of hydrogen-bond donors (Lipinski definition) is 1. The summed E-state index contributed by atoms with van der Waals surface area (Å²) >= 11 is 13.2. The van der Waals surface area contributed by atoms with E-state index in [1.165, 1.54) is 17.0 Å². The molecule has 4 aromatic rings. The van der Waals surface area contributed by atoms with Crippen LogP contribution in [0, 0.1) is 6.92 Å². The average Bonchev–Trinajstić information content (AvgIpc) is 3.07. The predicted octanol–water partition coefficient (Wildman–Crippen LogP) is 7.59. The lowest BCUT2D eigenvalue weighted by Crippen LogP contribution is -2.55. The highest BCUT2D eigenvalue weighted by atomic mass is 35.5. The SMILES string of the molecule is Cc1ccc(S(=O)(=O)N(CC(=O)N(Cc2ccccc2Cl)[C@@H](Cc2ccccc2)C(=O)NC2CCCCC2)c2ccccc2Cl)cc1. The molecule has 0 aliphatic heterocycles. The number of para-hydroxylation sites is 1. The van der Waals surface area contributed by atoms with Gasteiger partial charge in [-0.3, -0.25) is 13.9 Å². The highest BCUT2D eigenvalue weighted by Crippen LogP contribution is 2.31. The number of aryl methyl sites for hydroxylation is 1. The molecular weight excluding hydrogens is 653 g/mol. The third-order valence-electron chi connectivity index (χ3n) is 8.53. The first-order valence-electron chi connectivity index (χ1n) is 15.8. The van der Waals surface area contributed by atoms with Crippen LogP contribution in [0.1, 0.15) is 48.8 Å². The monoisotopic (exact) mass is 691 g/mol. The van der Waals surface area contributed by atoms with Gasteiger partial charge in [0.15, 0.2) is 0 Å². The van der Waals surface area contributed by atoms with E-state index in [2.05, 4.69) is 5.32 Å². The van der Waals surface area contributed by atoms with Crippen molar-refractivity contribution in [2.75, 3.05) is 10.8 Å². The Bertz CT molecular complexity index is 1780. The Labute approximate surface area is 287 Å². The van der Waals surface area contributed by atoms with Crippen LogP contribution in [0.4, 0.5) is 5.69 Å². The maximum atomic E-state index is 14.7. The molecule has 0 saturated heterocycles. The molecule has 0 unspecified atom stereocenters. The van der Waals surface area contributed by atoms with Gasteiger partial charge in [0.2, 0.25) is 11.8 Å². The van der Waals surface area contributed by atoms with Crippen LogP contribution >= 0.6 is 23.2 Å². The number of nitrogens with one attached hydrogen (secondary N) is 1. The number of rotatable bonds is 12. The minimum atomic E-state index is -4.26. The zero-order valence-corrected chi connectivity index (χ0v) is 28.6. The lowest BCUT2D eigenvalue weighted by Gasteiger charge is -2.35. The molecule has 2 amide bonds. The van der Waals surface area contributed by atoms with Crippen molar-refractivity contribution in [2.24, 2.45) is 0 Å². The third kappa shape index (κ3) is 8.74. The largest absolute Gasteiger partial charge is 0.352 e. The van der Waals surface area contributed by atoms with E-state index < -0.39 is 28.5 Å². The molecule has 246 valence electrons. The maximum absolute atomic E-state index is 14.7. The summed E-state index contributed by atoms with van der Waals surface area (Å²) in [7, 11) is -4.26. The van der Waals surface area contributed by atoms with Crippen molar-refractivity contribution < 1.29 is 18.0 Å². The average molecular weight is 693 g/mol. The molecule has 7 nitrogen and oxygen atoms in total. The van der Waals surface area contributed by atoms with E-state index in [1.807, 2.05) is 43.3 Å². The van der Waals surface area contributed by atoms with Crippen molar-refractivity contribution in [3.05, 3.63) is 130 Å². The summed E-state index contributed by atoms with van der Waals surface area (Å²) in [5, 5.41) is 3.82. The van der Waals surface area contributed by atoms with Gasteiger partial charge in [-0.25, -0.2) is 8.42 Å². The van der Waals surface area contributed by atoms with Gasteiger partial charge in [-0.15, -0.1) is 0 Å². The molecular formula is C37H39Cl2N3O4S. The third-order valence-corrected chi connectivity index (χ3v) is 11.0. The van der Waals surface area contributed by atoms with E-state index in [9.17, 15) is 18.0 Å². The topological polar surface area (TPSA) is 86.8 Å². The minimum absolute atomic E-state index is 0.00493. The van der Waals surface area contributed by atoms with Crippen molar-refractivity contribution in [3.63, 3.8) is 0 Å². The van der Waals surface area contributed by atoms with E-state index in [-0.39, 0.29) is 40.5 Å². The number of carbonyl (C=O) groups is 2. The fourth-order valence-electron chi connectivity index (χ4n) is 5.91. The molecule has 1 aliphatic rings. The molecule has 1 fully saturated rings. The van der Waals surface area contributed by atoms with Crippen molar-refractivity contribution in [2.45, 2.75) is 69.0 Å². The normalized spacial score (nSPS) is 14.3. The van der Waals surface area contributed by atoms with Crippen LogP contribution in [0.15, 0.2) is 108 Å². The Morgan fingerprint density at radius 1 is 0.809 bits per heavy atom. The molecule has 0 aromatic heterocycles. The van der Waals surface area contributed by atoms with Crippen LogP contribution in [0.5, 0.6) is 0 Å². The Morgan fingerprint density at radius 3 is 2.09 bits per heavy atom. The van der Waals surface area contributed by atoms with Crippen molar-refractivity contribution >= 4 is 50.7 Å². The van der Waals surface area contributed by atoms with Crippen LogP contribution in [-0.4, -0.2) is 43.8 Å². The van der Waals surface area contributed by atoms with Crippen molar-refractivity contribution in [1.29, 1.82) is 0 Å². The highest BCUT2D eigenvalue weighted by molar-refractivity contribution is 7.92. The van der Waals surface area contributed by atoms with Gasteiger partial charge in [-0.1, -0.05) is 121 Å². The first-order valence-corrected chi connectivity index (χ1v) is 18.0. The second-order valence-corrected chi connectivity index (χ2v) is 14.6. The first kappa shape index (κ1) is 34.5. The number of halogens is 2. The molecule has 1 aliphatic carbocycles. The van der Waals surface area contributed by atoms with E-state index >= 15 is 0 Å². The van der Waals surface area contributed by atoms with E-state index in [0.29, 0.717) is 10.6 Å². The Hall–Kier alpha value is -3.85. The van der Waals surface area contributed by atoms with Crippen LogP contribution in [-0.2, 0) is 32.6 Å². The number of sulfonamides is 1. The summed E-state index contributed by atoms with van der Waals surface area (Å²) in [6, 6.07) is 28.6. The zero-order chi connectivity index (χ0) is 33.4. The molecule has 0 heterocycles. The summed E-state index contributed by atoms with van der Waals surface area (Å²) in [5.41, 5.74) is 2.55. The molecule has 1 saturated carbocycles. The van der Waals surface area contributed by atoms with Gasteiger partial charge in [0.05, 0.1) is 15.6 Å². The Morgan fingerprint density at radius 2 is 1.43 bits per heavy atom. The van der Waals surface area contributed by atoms with Crippen LogP contribution in [0.3, 0.4) is 0 Å². The smallest absolute Gasteiger partial charge is 0.264 e. The molecule has 1 N–H and O–H groups in total. The summed E-state index contributed by atoms with van der Waals surface area (Å²) in [5.74, 6) is -0.855. The highest BCUT2D eigenvalue weighted by Gasteiger charge is 2.36. The molecule has 0 bridgehead atoms. The first-order chi connectivity index (χ1) is 22.6. The van der Waals surface area contributed by atoms with Crippen LogP contribution in [0.25, 0.3) is 0 Å². The molecule has 1 atom stereocenters. The van der Waals surface area contributed by atoms with Crippen LogP contribution < -0.4 is 9.62 Å². The molecule has 0 radical (unpaired) electrons. The minimum Gasteiger partial charge on any atom is -0.352 e. The number of hydrogen-bond acceptors (Lipinski definition) is 4.